The number of aryl methyl sites for hydroxylation is 1. The lowest BCUT2D eigenvalue weighted by atomic mass is 10.4. The van der Waals surface area contributed by atoms with Crippen LogP contribution >= 0.6 is 24.0 Å². The van der Waals surface area contributed by atoms with Crippen LogP contribution in [0.25, 0.3) is 5.65 Å². The number of rotatable bonds is 6. The molecule has 3 heterocycles. The van der Waals surface area contributed by atoms with E-state index in [1.165, 1.54) is 0 Å². The number of hydrogen-bond donors (Lipinski definition) is 2. The van der Waals surface area contributed by atoms with Crippen LogP contribution in [0.2, 0.25) is 0 Å². The number of aliphatic imine (C=N–C) groups is 1. The van der Waals surface area contributed by atoms with Crippen molar-refractivity contribution in [3.8, 4) is 0 Å². The summed E-state index contributed by atoms with van der Waals surface area (Å²) in [7, 11) is 1.75. The Morgan fingerprint density at radius 3 is 2.88 bits per heavy atom. The summed E-state index contributed by atoms with van der Waals surface area (Å²) in [4.78, 5) is 4.22. The minimum absolute atomic E-state index is 0. The molecule has 0 saturated carbocycles. The number of pyridine rings is 1. The molecule has 0 amide bonds. The second kappa shape index (κ2) is 9.21. The summed E-state index contributed by atoms with van der Waals surface area (Å²) in [5.74, 6) is 1.60. The maximum Gasteiger partial charge on any atom is 0.191 e. The first-order chi connectivity index (χ1) is 11.4. The number of halogens is 1. The molecule has 128 valence electrons. The molecule has 3 aromatic heterocycles. The van der Waals surface area contributed by atoms with Crippen molar-refractivity contribution >= 4 is 35.6 Å². The molecule has 9 heteroatoms. The van der Waals surface area contributed by atoms with Gasteiger partial charge >= 0.3 is 0 Å². The SMILES string of the molecule is CN=C(NCCCn1cccn1)NCc1nnc2ccccn12.I. The Morgan fingerprint density at radius 1 is 1.17 bits per heavy atom. The fourth-order valence-corrected chi connectivity index (χ4v) is 2.28. The van der Waals surface area contributed by atoms with E-state index in [0.717, 1.165) is 36.9 Å². The second-order valence-electron chi connectivity index (χ2n) is 5.02. The van der Waals surface area contributed by atoms with E-state index < -0.39 is 0 Å². The predicted molar refractivity (Wildman–Crippen MR) is 103 cm³/mol. The molecule has 0 saturated heterocycles. The van der Waals surface area contributed by atoms with Gasteiger partial charge in [-0.25, -0.2) is 0 Å². The molecular formula is C15H21IN8. The van der Waals surface area contributed by atoms with Gasteiger partial charge in [0.2, 0.25) is 0 Å². The number of hydrogen-bond acceptors (Lipinski definition) is 4. The van der Waals surface area contributed by atoms with Crippen LogP contribution < -0.4 is 10.6 Å². The molecule has 3 rings (SSSR count). The zero-order chi connectivity index (χ0) is 15.9. The summed E-state index contributed by atoms with van der Waals surface area (Å²) in [5, 5.41) is 19.0. The van der Waals surface area contributed by atoms with Crippen LogP contribution in [-0.2, 0) is 13.1 Å². The minimum Gasteiger partial charge on any atom is -0.356 e. The molecule has 0 bridgehead atoms. The van der Waals surface area contributed by atoms with Gasteiger partial charge in [0.05, 0.1) is 6.54 Å². The number of fused-ring (bicyclic) bond motifs is 1. The molecule has 0 aromatic carbocycles. The van der Waals surface area contributed by atoms with E-state index in [2.05, 4.69) is 30.9 Å². The predicted octanol–water partition coefficient (Wildman–Crippen LogP) is 1.30. The van der Waals surface area contributed by atoms with Crippen molar-refractivity contribution in [3.63, 3.8) is 0 Å². The summed E-state index contributed by atoms with van der Waals surface area (Å²) < 4.78 is 3.87. The molecule has 24 heavy (non-hydrogen) atoms. The molecule has 2 N–H and O–H groups in total. The van der Waals surface area contributed by atoms with Crippen molar-refractivity contribution in [2.75, 3.05) is 13.6 Å². The van der Waals surface area contributed by atoms with E-state index in [1.807, 2.05) is 45.7 Å². The third kappa shape index (κ3) is 4.66. The van der Waals surface area contributed by atoms with Gasteiger partial charge in [0.1, 0.15) is 0 Å². The molecule has 8 nitrogen and oxygen atoms in total. The van der Waals surface area contributed by atoms with Crippen LogP contribution in [0.3, 0.4) is 0 Å². The molecule has 0 fully saturated rings. The first kappa shape index (κ1) is 18.2. The van der Waals surface area contributed by atoms with E-state index in [1.54, 1.807) is 13.2 Å². The maximum absolute atomic E-state index is 4.22. The molecule has 0 atom stereocenters. The minimum atomic E-state index is 0. The van der Waals surface area contributed by atoms with Crippen molar-refractivity contribution in [2.24, 2.45) is 4.99 Å². The van der Waals surface area contributed by atoms with Crippen molar-refractivity contribution in [1.29, 1.82) is 0 Å². The summed E-state index contributed by atoms with van der Waals surface area (Å²) in [5.41, 5.74) is 0.839. The third-order valence-electron chi connectivity index (χ3n) is 3.44. The summed E-state index contributed by atoms with van der Waals surface area (Å²) in [6.07, 6.45) is 6.67. The van der Waals surface area contributed by atoms with E-state index in [9.17, 15) is 0 Å². The molecule has 0 aliphatic heterocycles. The normalized spacial score (nSPS) is 11.3. The lowest BCUT2D eigenvalue weighted by Gasteiger charge is -2.11. The average molecular weight is 440 g/mol. The lowest BCUT2D eigenvalue weighted by molar-refractivity contribution is 0.570. The van der Waals surface area contributed by atoms with Crippen LogP contribution in [0.4, 0.5) is 0 Å². The number of nitrogens with zero attached hydrogens (tertiary/aromatic N) is 6. The monoisotopic (exact) mass is 440 g/mol. The maximum atomic E-state index is 4.22. The van der Waals surface area contributed by atoms with Gasteiger partial charge in [-0.05, 0) is 24.6 Å². The van der Waals surface area contributed by atoms with Gasteiger partial charge in [-0.1, -0.05) is 6.07 Å². The van der Waals surface area contributed by atoms with Crippen molar-refractivity contribution < 1.29 is 0 Å². The van der Waals surface area contributed by atoms with E-state index >= 15 is 0 Å². The standard InChI is InChI=1S/C15H20N8.HI/c1-16-15(17-7-4-9-22-10-5-8-19-22)18-12-14-21-20-13-6-2-3-11-23(13)14;/h2-3,5-6,8,10-11H,4,7,9,12H2,1H3,(H2,16,17,18);1H. The van der Waals surface area contributed by atoms with Crippen LogP contribution in [0.5, 0.6) is 0 Å². The van der Waals surface area contributed by atoms with Crippen LogP contribution in [0, 0.1) is 0 Å². The van der Waals surface area contributed by atoms with Gasteiger partial charge in [0.15, 0.2) is 17.4 Å². The highest BCUT2D eigenvalue weighted by atomic mass is 127. The summed E-state index contributed by atoms with van der Waals surface area (Å²) in [6.45, 7) is 2.26. The topological polar surface area (TPSA) is 84.4 Å². The van der Waals surface area contributed by atoms with Gasteiger partial charge in [-0.3, -0.25) is 14.1 Å². The highest BCUT2D eigenvalue weighted by Gasteiger charge is 2.05. The quantitative estimate of drug-likeness (QED) is 0.261. The largest absolute Gasteiger partial charge is 0.356 e. The second-order valence-corrected chi connectivity index (χ2v) is 5.02. The molecule has 0 spiro atoms. The van der Waals surface area contributed by atoms with E-state index in [-0.39, 0.29) is 24.0 Å². The Kier molecular flexibility index (Phi) is 6.97. The van der Waals surface area contributed by atoms with Gasteiger partial charge in [-0.2, -0.15) is 5.10 Å². The first-order valence-corrected chi connectivity index (χ1v) is 7.57. The Labute approximate surface area is 157 Å². The Bertz CT molecular complexity index is 765. The highest BCUT2D eigenvalue weighted by molar-refractivity contribution is 14.0. The van der Waals surface area contributed by atoms with Crippen LogP contribution in [0.1, 0.15) is 12.2 Å². The number of aromatic nitrogens is 5. The Balaban J connectivity index is 0.00000208. The number of nitrogens with one attached hydrogen (secondary N) is 2. The van der Waals surface area contributed by atoms with Gasteiger partial charge < -0.3 is 10.6 Å². The number of guanidine groups is 1. The highest BCUT2D eigenvalue weighted by Crippen LogP contribution is 2.02. The van der Waals surface area contributed by atoms with E-state index in [4.69, 9.17) is 0 Å². The van der Waals surface area contributed by atoms with Gasteiger partial charge in [0.25, 0.3) is 0 Å². The molecule has 0 aliphatic carbocycles. The van der Waals surface area contributed by atoms with Crippen molar-refractivity contribution in [3.05, 3.63) is 48.7 Å². The molecule has 0 unspecified atom stereocenters. The van der Waals surface area contributed by atoms with Crippen LogP contribution in [0.15, 0.2) is 47.8 Å². The Morgan fingerprint density at radius 2 is 2.08 bits per heavy atom. The smallest absolute Gasteiger partial charge is 0.191 e. The van der Waals surface area contributed by atoms with E-state index in [0.29, 0.717) is 6.54 Å². The average Bonchev–Trinajstić information content (AvgIpc) is 3.24. The van der Waals surface area contributed by atoms with Crippen molar-refractivity contribution in [2.45, 2.75) is 19.5 Å². The zero-order valence-electron chi connectivity index (χ0n) is 13.5. The summed E-state index contributed by atoms with van der Waals surface area (Å²) >= 11 is 0. The molecular weight excluding hydrogens is 419 g/mol. The molecule has 0 aliphatic rings. The molecule has 3 aromatic rings. The fraction of sp³-hybridized carbons (Fsp3) is 0.333. The fourth-order valence-electron chi connectivity index (χ4n) is 2.28. The first-order valence-electron chi connectivity index (χ1n) is 7.57. The Hall–Kier alpha value is -2.17. The van der Waals surface area contributed by atoms with Gasteiger partial charge in [-0.15, -0.1) is 34.2 Å². The molecule has 0 radical (unpaired) electrons. The van der Waals surface area contributed by atoms with Crippen molar-refractivity contribution in [1.82, 2.24) is 35.0 Å². The summed E-state index contributed by atoms with van der Waals surface area (Å²) in [6, 6.07) is 7.76. The zero-order valence-corrected chi connectivity index (χ0v) is 15.8. The van der Waals surface area contributed by atoms with Crippen LogP contribution in [-0.4, -0.2) is 43.9 Å². The third-order valence-corrected chi connectivity index (χ3v) is 3.44. The lowest BCUT2D eigenvalue weighted by Crippen LogP contribution is -2.38. The van der Waals surface area contributed by atoms with Gasteiger partial charge in [0, 0.05) is 38.7 Å².